The third kappa shape index (κ3) is 4.92. The Morgan fingerprint density at radius 1 is 0.735 bits per heavy atom. The quantitative estimate of drug-likeness (QED) is 0.423. The second-order valence-corrected chi connectivity index (χ2v) is 10.1. The minimum Gasteiger partial charge on any atom is -0.368 e. The van der Waals surface area contributed by atoms with Crippen molar-refractivity contribution in [1.82, 2.24) is 15.0 Å². The maximum absolute atomic E-state index is 13.0. The summed E-state index contributed by atoms with van der Waals surface area (Å²) in [5.74, 6) is 0.958. The molecular weight excluding hydrogens is 446 g/mol. The number of aromatic nitrogens is 3. The van der Waals surface area contributed by atoms with Gasteiger partial charge in [0.25, 0.3) is 0 Å². The van der Waals surface area contributed by atoms with Gasteiger partial charge in [-0.3, -0.25) is 4.98 Å². The minimum atomic E-state index is -3.54. The van der Waals surface area contributed by atoms with Crippen LogP contribution < -0.4 is 9.80 Å². The number of para-hydroxylation sites is 1. The second kappa shape index (κ2) is 9.61. The lowest BCUT2D eigenvalue weighted by atomic mass is 10.2. The Bertz CT molecular complexity index is 1340. The second-order valence-electron chi connectivity index (χ2n) is 8.14. The summed E-state index contributed by atoms with van der Waals surface area (Å²) >= 11 is 0. The Labute approximate surface area is 199 Å². The first-order valence-electron chi connectivity index (χ1n) is 11.2. The van der Waals surface area contributed by atoms with Gasteiger partial charge in [-0.1, -0.05) is 42.5 Å². The smallest absolute Gasteiger partial charge is 0.184 e. The molecule has 8 heteroatoms. The Morgan fingerprint density at radius 3 is 2.06 bits per heavy atom. The molecule has 0 unspecified atom stereocenters. The molecular formula is C26H25N5O2S. The van der Waals surface area contributed by atoms with E-state index in [9.17, 15) is 8.42 Å². The lowest BCUT2D eigenvalue weighted by Crippen LogP contribution is -2.47. The summed E-state index contributed by atoms with van der Waals surface area (Å²) in [6, 6.07) is 26.2. The van der Waals surface area contributed by atoms with Gasteiger partial charge in [0, 0.05) is 44.1 Å². The van der Waals surface area contributed by atoms with E-state index >= 15 is 0 Å². The normalized spacial score (nSPS) is 14.2. The van der Waals surface area contributed by atoms with E-state index in [-0.39, 0.29) is 10.6 Å². The van der Waals surface area contributed by atoms with Crippen LogP contribution >= 0.6 is 0 Å². The van der Waals surface area contributed by atoms with Gasteiger partial charge in [0.2, 0.25) is 0 Å². The number of hydrogen-bond donors (Lipinski definition) is 0. The van der Waals surface area contributed by atoms with Crippen LogP contribution in [0.1, 0.15) is 5.69 Å². The van der Waals surface area contributed by atoms with Gasteiger partial charge >= 0.3 is 0 Å². The fraction of sp³-hybridized carbons (Fsp3) is 0.192. The van der Waals surface area contributed by atoms with Crippen LogP contribution in [0, 0.1) is 0 Å². The third-order valence-electron chi connectivity index (χ3n) is 5.82. The van der Waals surface area contributed by atoms with E-state index in [1.165, 1.54) is 5.69 Å². The molecule has 0 N–H and O–H groups in total. The van der Waals surface area contributed by atoms with Crippen LogP contribution in [-0.4, -0.2) is 49.5 Å². The van der Waals surface area contributed by atoms with Crippen LogP contribution in [0.2, 0.25) is 0 Å². The first-order chi connectivity index (χ1) is 16.6. The predicted octanol–water partition coefficient (Wildman–Crippen LogP) is 3.84. The number of benzene rings is 2. The molecule has 1 fully saturated rings. The lowest BCUT2D eigenvalue weighted by molar-refractivity contribution is 0.594. The molecule has 0 bridgehead atoms. The highest BCUT2D eigenvalue weighted by Crippen LogP contribution is 2.24. The average molecular weight is 472 g/mol. The fourth-order valence-electron chi connectivity index (χ4n) is 4.07. The van der Waals surface area contributed by atoms with Gasteiger partial charge in [0.15, 0.2) is 15.7 Å². The number of sulfone groups is 1. The van der Waals surface area contributed by atoms with Crippen molar-refractivity contribution in [3.8, 4) is 11.5 Å². The van der Waals surface area contributed by atoms with Crippen LogP contribution in [0.25, 0.3) is 11.5 Å². The summed E-state index contributed by atoms with van der Waals surface area (Å²) in [5.41, 5.74) is 2.28. The molecule has 2 aromatic heterocycles. The zero-order chi connectivity index (χ0) is 23.4. The highest BCUT2D eigenvalue weighted by Gasteiger charge is 2.22. The van der Waals surface area contributed by atoms with Gasteiger partial charge in [-0.15, -0.1) is 0 Å². The van der Waals surface area contributed by atoms with Crippen molar-refractivity contribution < 1.29 is 8.42 Å². The van der Waals surface area contributed by atoms with E-state index in [4.69, 9.17) is 4.98 Å². The number of nitrogens with zero attached hydrogens (tertiary/aromatic N) is 5. The maximum Gasteiger partial charge on any atom is 0.184 e. The summed E-state index contributed by atoms with van der Waals surface area (Å²) in [7, 11) is -3.54. The lowest BCUT2D eigenvalue weighted by Gasteiger charge is -2.36. The van der Waals surface area contributed by atoms with E-state index in [2.05, 4.69) is 31.9 Å². The minimum absolute atomic E-state index is 0.198. The Kier molecular flexibility index (Phi) is 6.22. The van der Waals surface area contributed by atoms with E-state index < -0.39 is 9.84 Å². The van der Waals surface area contributed by atoms with Crippen molar-refractivity contribution in [1.29, 1.82) is 0 Å². The molecule has 1 aliphatic heterocycles. The van der Waals surface area contributed by atoms with Gasteiger partial charge in [-0.05, 0) is 36.4 Å². The third-order valence-corrected chi connectivity index (χ3v) is 7.49. The van der Waals surface area contributed by atoms with Crippen LogP contribution in [0.4, 0.5) is 11.5 Å². The summed E-state index contributed by atoms with van der Waals surface area (Å²) in [4.78, 5) is 18.5. The summed E-state index contributed by atoms with van der Waals surface area (Å²) in [6.45, 7) is 3.26. The van der Waals surface area contributed by atoms with E-state index in [0.717, 1.165) is 32.0 Å². The average Bonchev–Trinajstić information content (AvgIpc) is 2.90. The van der Waals surface area contributed by atoms with Gasteiger partial charge in [-0.2, -0.15) is 0 Å². The monoisotopic (exact) mass is 471 g/mol. The zero-order valence-corrected chi connectivity index (χ0v) is 19.5. The molecule has 0 radical (unpaired) electrons. The van der Waals surface area contributed by atoms with Crippen molar-refractivity contribution >= 4 is 21.3 Å². The zero-order valence-electron chi connectivity index (χ0n) is 18.7. The van der Waals surface area contributed by atoms with E-state index in [1.54, 1.807) is 42.6 Å². The predicted molar refractivity (Wildman–Crippen MR) is 133 cm³/mol. The largest absolute Gasteiger partial charge is 0.368 e. The standard InChI is InChI=1S/C26H25N5O2S/c32-34(33,23-11-5-2-6-12-23)20-21-19-25(29-26(28-21)24-13-7-8-14-27-24)31-17-15-30(16-18-31)22-9-3-1-4-10-22/h1-14,19H,15-18,20H2. The molecule has 172 valence electrons. The molecule has 4 aromatic rings. The number of hydrogen-bond acceptors (Lipinski definition) is 7. The van der Waals surface area contributed by atoms with Gasteiger partial charge in [0.1, 0.15) is 11.5 Å². The van der Waals surface area contributed by atoms with Crippen molar-refractivity contribution in [2.75, 3.05) is 36.0 Å². The van der Waals surface area contributed by atoms with Crippen LogP contribution in [-0.2, 0) is 15.6 Å². The molecule has 2 aromatic carbocycles. The Balaban J connectivity index is 1.44. The van der Waals surface area contributed by atoms with Crippen molar-refractivity contribution in [2.45, 2.75) is 10.6 Å². The van der Waals surface area contributed by atoms with E-state index in [0.29, 0.717) is 17.2 Å². The number of anilines is 2. The molecule has 0 spiro atoms. The first-order valence-corrected chi connectivity index (χ1v) is 12.9. The Hall–Kier alpha value is -3.78. The van der Waals surface area contributed by atoms with E-state index in [1.807, 2.05) is 36.4 Å². The molecule has 7 nitrogen and oxygen atoms in total. The molecule has 0 aliphatic carbocycles. The topological polar surface area (TPSA) is 79.3 Å². The molecule has 3 heterocycles. The number of pyridine rings is 1. The molecule has 0 saturated carbocycles. The van der Waals surface area contributed by atoms with Crippen LogP contribution in [0.5, 0.6) is 0 Å². The molecule has 0 amide bonds. The first kappa shape index (κ1) is 22.0. The van der Waals surface area contributed by atoms with Gasteiger partial charge in [0.05, 0.1) is 16.3 Å². The van der Waals surface area contributed by atoms with Crippen LogP contribution in [0.3, 0.4) is 0 Å². The molecule has 1 saturated heterocycles. The fourth-order valence-corrected chi connectivity index (χ4v) is 5.34. The highest BCUT2D eigenvalue weighted by atomic mass is 32.2. The Morgan fingerprint density at radius 2 is 1.38 bits per heavy atom. The maximum atomic E-state index is 13.0. The van der Waals surface area contributed by atoms with Crippen molar-refractivity contribution in [2.24, 2.45) is 0 Å². The molecule has 0 atom stereocenters. The molecule has 5 rings (SSSR count). The highest BCUT2D eigenvalue weighted by molar-refractivity contribution is 7.90. The van der Waals surface area contributed by atoms with Gasteiger partial charge in [-0.25, -0.2) is 18.4 Å². The summed E-state index contributed by atoms with van der Waals surface area (Å²) in [6.07, 6.45) is 1.68. The number of piperazine rings is 1. The molecule has 34 heavy (non-hydrogen) atoms. The SMILES string of the molecule is O=S(=O)(Cc1cc(N2CCN(c3ccccc3)CC2)nc(-c2ccccn2)n1)c1ccccc1. The van der Waals surface area contributed by atoms with Crippen LogP contribution in [0.15, 0.2) is 96.0 Å². The van der Waals surface area contributed by atoms with Gasteiger partial charge < -0.3 is 9.80 Å². The summed E-state index contributed by atoms with van der Waals surface area (Å²) in [5, 5.41) is 0. The van der Waals surface area contributed by atoms with Crippen molar-refractivity contribution in [3.63, 3.8) is 0 Å². The van der Waals surface area contributed by atoms with Crippen molar-refractivity contribution in [3.05, 3.63) is 96.8 Å². The number of rotatable bonds is 6. The molecule has 1 aliphatic rings. The summed E-state index contributed by atoms with van der Waals surface area (Å²) < 4.78 is 26.1.